The number of hydrogen-bond acceptors (Lipinski definition) is 5. The molecule has 5 rings (SSSR count). The Balaban J connectivity index is 1.65. The van der Waals surface area contributed by atoms with Gasteiger partial charge >= 0.3 is 0 Å². The fourth-order valence-electron chi connectivity index (χ4n) is 4.71. The lowest BCUT2D eigenvalue weighted by Gasteiger charge is -2.21. The number of hydrogen-bond donors (Lipinski definition) is 3. The van der Waals surface area contributed by atoms with Gasteiger partial charge in [0, 0.05) is 42.3 Å². The van der Waals surface area contributed by atoms with Gasteiger partial charge in [-0.1, -0.05) is 24.3 Å². The molecule has 7 nitrogen and oxygen atoms in total. The minimum absolute atomic E-state index is 0.263. The van der Waals surface area contributed by atoms with E-state index >= 15 is 0 Å². The largest absolute Gasteiger partial charge is 0.366 e. The van der Waals surface area contributed by atoms with Crippen LogP contribution >= 0.6 is 0 Å². The predicted molar refractivity (Wildman–Crippen MR) is 133 cm³/mol. The van der Waals surface area contributed by atoms with E-state index in [9.17, 15) is 9.18 Å². The molecule has 1 aliphatic rings. The first-order valence-electron chi connectivity index (χ1n) is 11.4. The maximum Gasteiger partial charge on any atom is 0.250 e. The summed E-state index contributed by atoms with van der Waals surface area (Å²) < 4.78 is 13.7. The number of benzene rings is 2. The van der Waals surface area contributed by atoms with Gasteiger partial charge in [0.05, 0.1) is 11.1 Å². The summed E-state index contributed by atoms with van der Waals surface area (Å²) in [5, 5.41) is 4.28. The molecular formula is C26H27FN6O. The van der Waals surface area contributed by atoms with Gasteiger partial charge in [-0.15, -0.1) is 0 Å². The summed E-state index contributed by atoms with van der Waals surface area (Å²) in [6.07, 6.45) is 2.98. The second-order valence-electron chi connectivity index (χ2n) is 8.78. The van der Waals surface area contributed by atoms with Crippen molar-refractivity contribution in [2.75, 3.05) is 23.8 Å². The minimum atomic E-state index is -0.488. The second kappa shape index (κ2) is 8.78. The Morgan fingerprint density at radius 2 is 2.03 bits per heavy atom. The number of anilines is 2. The molecule has 0 saturated heterocycles. The molecule has 0 spiro atoms. The molecule has 0 fully saturated rings. The summed E-state index contributed by atoms with van der Waals surface area (Å²) in [6.45, 7) is 3.30. The summed E-state index contributed by atoms with van der Waals surface area (Å²) >= 11 is 0. The zero-order chi connectivity index (χ0) is 23.8. The van der Waals surface area contributed by atoms with E-state index in [-0.39, 0.29) is 5.82 Å². The van der Waals surface area contributed by atoms with Crippen LogP contribution in [0.4, 0.5) is 16.0 Å². The predicted octanol–water partition coefficient (Wildman–Crippen LogP) is 4.56. The molecule has 8 heteroatoms. The van der Waals surface area contributed by atoms with Crippen LogP contribution in [0.3, 0.4) is 0 Å². The number of nitrogens with two attached hydrogens (primary N) is 1. The van der Waals surface area contributed by atoms with Gasteiger partial charge in [0.25, 0.3) is 5.91 Å². The minimum Gasteiger partial charge on any atom is -0.366 e. The van der Waals surface area contributed by atoms with Crippen LogP contribution in [0.2, 0.25) is 0 Å². The molecular weight excluding hydrogens is 431 g/mol. The smallest absolute Gasteiger partial charge is 0.250 e. The van der Waals surface area contributed by atoms with Gasteiger partial charge in [0.15, 0.2) is 5.82 Å². The average Bonchev–Trinajstić information content (AvgIpc) is 3.04. The SMILES string of the molecule is Cc1[nH]c2c(C(N)=O)cccc2c1-c1nc(NCc2cccc(F)c2)c2c(n1)N(C)CCCC2. The number of primary amides is 1. The normalized spacial score (nSPS) is 13.6. The third kappa shape index (κ3) is 3.96. The topological polar surface area (TPSA) is 99.9 Å². The van der Waals surface area contributed by atoms with Crippen molar-refractivity contribution in [2.45, 2.75) is 32.7 Å². The maximum atomic E-state index is 13.7. The Hall–Kier alpha value is -3.94. The van der Waals surface area contributed by atoms with Crippen molar-refractivity contribution in [1.29, 1.82) is 0 Å². The van der Waals surface area contributed by atoms with Crippen molar-refractivity contribution >= 4 is 28.4 Å². The number of carbonyl (C=O) groups is 1. The molecule has 0 unspecified atom stereocenters. The van der Waals surface area contributed by atoms with Crippen molar-refractivity contribution in [3.05, 3.63) is 70.7 Å². The molecule has 34 heavy (non-hydrogen) atoms. The average molecular weight is 459 g/mol. The molecule has 4 N–H and O–H groups in total. The summed E-state index contributed by atoms with van der Waals surface area (Å²) in [4.78, 5) is 27.4. The van der Waals surface area contributed by atoms with Crippen LogP contribution in [-0.2, 0) is 13.0 Å². The molecule has 1 aliphatic heterocycles. The number of aryl methyl sites for hydroxylation is 1. The number of carbonyl (C=O) groups excluding carboxylic acids is 1. The Labute approximate surface area is 197 Å². The Kier molecular flexibility index (Phi) is 5.65. The van der Waals surface area contributed by atoms with Gasteiger partial charge in [0.1, 0.15) is 17.5 Å². The first-order valence-corrected chi connectivity index (χ1v) is 11.4. The number of rotatable bonds is 5. The van der Waals surface area contributed by atoms with Crippen molar-refractivity contribution < 1.29 is 9.18 Å². The van der Waals surface area contributed by atoms with Crippen molar-refractivity contribution in [1.82, 2.24) is 15.0 Å². The highest BCUT2D eigenvalue weighted by Crippen LogP contribution is 2.36. The molecule has 0 radical (unpaired) electrons. The highest BCUT2D eigenvalue weighted by Gasteiger charge is 2.23. The molecule has 3 heterocycles. The number of nitrogens with zero attached hydrogens (tertiary/aromatic N) is 3. The van der Waals surface area contributed by atoms with Crippen LogP contribution in [0, 0.1) is 12.7 Å². The quantitative estimate of drug-likeness (QED) is 0.407. The van der Waals surface area contributed by atoms with Crippen molar-refractivity contribution in [3.8, 4) is 11.4 Å². The lowest BCUT2D eigenvalue weighted by Crippen LogP contribution is -2.20. The number of aromatic nitrogens is 3. The summed E-state index contributed by atoms with van der Waals surface area (Å²) in [6, 6.07) is 12.0. The number of amides is 1. The van der Waals surface area contributed by atoms with Crippen molar-refractivity contribution in [3.63, 3.8) is 0 Å². The van der Waals surface area contributed by atoms with Gasteiger partial charge in [-0.2, -0.15) is 0 Å². The monoisotopic (exact) mass is 458 g/mol. The molecule has 174 valence electrons. The first-order chi connectivity index (χ1) is 16.4. The van der Waals surface area contributed by atoms with Crippen LogP contribution in [0.5, 0.6) is 0 Å². The zero-order valence-corrected chi connectivity index (χ0v) is 19.3. The highest BCUT2D eigenvalue weighted by molar-refractivity contribution is 6.09. The van der Waals surface area contributed by atoms with E-state index in [0.717, 1.165) is 65.2 Å². The van der Waals surface area contributed by atoms with E-state index < -0.39 is 5.91 Å². The standard InChI is InChI=1S/C26H27FN6O/c1-15-21(18-10-6-11-19(23(28)34)22(18)30-15)25-31-24(29-14-16-7-5-8-17(27)13-16)20-9-3-4-12-33(2)26(20)32-25/h5-8,10-11,13,30H,3-4,9,12,14H2,1-2H3,(H2,28,34)(H,29,31,32). The highest BCUT2D eigenvalue weighted by atomic mass is 19.1. The number of H-pyrrole nitrogens is 1. The van der Waals surface area contributed by atoms with E-state index in [1.54, 1.807) is 12.1 Å². The van der Waals surface area contributed by atoms with Gasteiger partial charge in [0.2, 0.25) is 0 Å². The number of halogens is 1. The molecule has 2 aromatic heterocycles. The Bertz CT molecular complexity index is 1400. The maximum absolute atomic E-state index is 13.7. The summed E-state index contributed by atoms with van der Waals surface area (Å²) in [7, 11) is 2.05. The zero-order valence-electron chi connectivity index (χ0n) is 19.3. The van der Waals surface area contributed by atoms with Crippen molar-refractivity contribution in [2.24, 2.45) is 5.73 Å². The summed E-state index contributed by atoms with van der Waals surface area (Å²) in [5.74, 6) is 1.46. The molecule has 0 saturated carbocycles. The van der Waals surface area contributed by atoms with E-state index in [0.29, 0.717) is 23.4 Å². The van der Waals surface area contributed by atoms with Gasteiger partial charge in [-0.3, -0.25) is 4.79 Å². The number of nitrogens with one attached hydrogen (secondary N) is 2. The van der Waals surface area contributed by atoms with Crippen LogP contribution in [0.15, 0.2) is 42.5 Å². The Morgan fingerprint density at radius 1 is 1.21 bits per heavy atom. The van der Waals surface area contributed by atoms with Crippen LogP contribution in [-0.4, -0.2) is 34.5 Å². The third-order valence-corrected chi connectivity index (χ3v) is 6.38. The van der Waals surface area contributed by atoms with E-state index in [4.69, 9.17) is 15.7 Å². The third-order valence-electron chi connectivity index (χ3n) is 6.38. The van der Waals surface area contributed by atoms with E-state index in [2.05, 4.69) is 15.2 Å². The Morgan fingerprint density at radius 3 is 2.82 bits per heavy atom. The number of aromatic amines is 1. The van der Waals surface area contributed by atoms with E-state index in [1.165, 1.54) is 12.1 Å². The lowest BCUT2D eigenvalue weighted by atomic mass is 10.1. The van der Waals surface area contributed by atoms with Gasteiger partial charge < -0.3 is 20.9 Å². The van der Waals surface area contributed by atoms with Gasteiger partial charge in [-0.25, -0.2) is 14.4 Å². The second-order valence-corrected chi connectivity index (χ2v) is 8.78. The van der Waals surface area contributed by atoms with Crippen LogP contribution in [0.25, 0.3) is 22.3 Å². The molecule has 4 aromatic rings. The number of fused-ring (bicyclic) bond motifs is 2. The molecule has 0 atom stereocenters. The fourth-order valence-corrected chi connectivity index (χ4v) is 4.71. The molecule has 0 bridgehead atoms. The molecule has 0 aliphatic carbocycles. The fraction of sp³-hybridized carbons (Fsp3) is 0.269. The molecule has 2 aromatic carbocycles. The first kappa shape index (κ1) is 21.9. The molecule has 1 amide bonds. The summed E-state index contributed by atoms with van der Waals surface area (Å²) in [5.41, 5.74) is 10.3. The van der Waals surface area contributed by atoms with Crippen LogP contribution < -0.4 is 16.0 Å². The van der Waals surface area contributed by atoms with Gasteiger partial charge in [-0.05, 0) is 49.9 Å². The lowest BCUT2D eigenvalue weighted by molar-refractivity contribution is 0.100. The van der Waals surface area contributed by atoms with Crippen LogP contribution in [0.1, 0.15) is 40.0 Å². The van der Waals surface area contributed by atoms with E-state index in [1.807, 2.05) is 32.2 Å². The number of para-hydroxylation sites is 1.